The van der Waals surface area contributed by atoms with E-state index in [0.717, 1.165) is 11.1 Å². The molecule has 0 aromatic heterocycles. The fourth-order valence-electron chi connectivity index (χ4n) is 4.68. The Balaban J connectivity index is 1.58. The van der Waals surface area contributed by atoms with E-state index in [2.05, 4.69) is 5.32 Å². The first-order valence-electron chi connectivity index (χ1n) is 12.1. The van der Waals surface area contributed by atoms with Gasteiger partial charge in [0.05, 0.1) is 25.4 Å². The number of carbonyl (C=O) groups excluding carboxylic acids is 1. The maximum absolute atomic E-state index is 11.8. The monoisotopic (exact) mass is 519 g/mol. The molecule has 2 fully saturated rings. The Labute approximate surface area is 213 Å². The maximum Gasteiger partial charge on any atom is 0.251 e. The molecule has 2 saturated heterocycles. The van der Waals surface area contributed by atoms with E-state index in [-0.39, 0.29) is 12.3 Å². The summed E-state index contributed by atoms with van der Waals surface area (Å²) in [5, 5.41) is 64.2. The van der Waals surface area contributed by atoms with Crippen molar-refractivity contribution in [2.45, 2.75) is 61.5 Å². The van der Waals surface area contributed by atoms with Crippen molar-refractivity contribution in [3.8, 4) is 11.1 Å². The number of carbonyl (C=O) groups is 1. The van der Waals surface area contributed by atoms with E-state index in [9.17, 15) is 35.4 Å². The molecule has 0 radical (unpaired) electrons. The van der Waals surface area contributed by atoms with Crippen LogP contribution in [0.25, 0.3) is 11.1 Å². The molecule has 2 aromatic rings. The highest BCUT2D eigenvalue weighted by molar-refractivity contribution is 5.94. The van der Waals surface area contributed by atoms with Crippen LogP contribution in [0.2, 0.25) is 0 Å². The lowest BCUT2D eigenvalue weighted by molar-refractivity contribution is -0.327. The Bertz CT molecular complexity index is 1050. The summed E-state index contributed by atoms with van der Waals surface area (Å²) < 4.78 is 17.1. The molecule has 11 heteroatoms. The Kier molecular flexibility index (Phi) is 8.90. The number of hydrogen-bond acceptors (Lipinski definition) is 10. The number of nitrogens with one attached hydrogen (secondary N) is 1. The van der Waals surface area contributed by atoms with Crippen molar-refractivity contribution in [3.05, 3.63) is 59.7 Å². The van der Waals surface area contributed by atoms with Gasteiger partial charge in [0.1, 0.15) is 36.6 Å². The van der Waals surface area contributed by atoms with Gasteiger partial charge in [0.2, 0.25) is 0 Å². The number of ether oxygens (including phenoxy) is 3. The van der Waals surface area contributed by atoms with Gasteiger partial charge in [-0.1, -0.05) is 30.3 Å². The van der Waals surface area contributed by atoms with Crippen LogP contribution in [0.15, 0.2) is 48.5 Å². The average molecular weight is 520 g/mol. The molecule has 0 saturated carbocycles. The topological polar surface area (TPSA) is 178 Å². The van der Waals surface area contributed by atoms with Gasteiger partial charge in [-0.25, -0.2) is 0 Å². The smallest absolute Gasteiger partial charge is 0.251 e. The minimum atomic E-state index is -1.47. The Morgan fingerprint density at radius 2 is 1.68 bits per heavy atom. The fourth-order valence-corrected chi connectivity index (χ4v) is 4.68. The van der Waals surface area contributed by atoms with E-state index in [1.165, 1.54) is 0 Å². The van der Waals surface area contributed by atoms with Crippen molar-refractivity contribution in [3.63, 3.8) is 0 Å². The van der Waals surface area contributed by atoms with Crippen molar-refractivity contribution in [1.82, 2.24) is 5.32 Å². The molecule has 2 heterocycles. The van der Waals surface area contributed by atoms with E-state index >= 15 is 0 Å². The quantitative estimate of drug-likeness (QED) is 0.242. The van der Waals surface area contributed by atoms with Crippen molar-refractivity contribution in [2.24, 2.45) is 0 Å². The standard InChI is InChI=1S/C26H33NO10/c1-27-25(34)14-7-5-13(6-8-14)15-3-2-4-16(9-15)23-22(33)24(21(32)19(12-29)36-23)37-26-20(31)18(30)10-17(11-28)35-26/h2-9,17-24,26,28-33H,10-12H2,1H3,(H,27,34)/t17?,18?,19?,20?,21-,22?,23-,24?,26-/m1/s1. The number of amides is 1. The van der Waals surface area contributed by atoms with Gasteiger partial charge >= 0.3 is 0 Å². The zero-order valence-electron chi connectivity index (χ0n) is 20.3. The molecule has 7 N–H and O–H groups in total. The third kappa shape index (κ3) is 5.85. The summed E-state index contributed by atoms with van der Waals surface area (Å²) in [6.45, 7) is -0.984. The maximum atomic E-state index is 11.8. The molecule has 2 aliphatic heterocycles. The van der Waals surface area contributed by atoms with E-state index in [1.54, 1.807) is 49.5 Å². The zero-order chi connectivity index (χ0) is 26.7. The van der Waals surface area contributed by atoms with Crippen molar-refractivity contribution < 1.29 is 49.6 Å². The van der Waals surface area contributed by atoms with Crippen LogP contribution < -0.4 is 5.32 Å². The largest absolute Gasteiger partial charge is 0.394 e. The zero-order valence-corrected chi connectivity index (χ0v) is 20.3. The third-order valence-electron chi connectivity index (χ3n) is 6.79. The van der Waals surface area contributed by atoms with Gasteiger partial charge in [-0.15, -0.1) is 0 Å². The molecule has 0 spiro atoms. The Hall–Kier alpha value is -2.45. The van der Waals surface area contributed by atoms with Crippen LogP contribution >= 0.6 is 0 Å². The second-order valence-electron chi connectivity index (χ2n) is 9.24. The first-order chi connectivity index (χ1) is 17.8. The molecule has 37 heavy (non-hydrogen) atoms. The highest BCUT2D eigenvalue weighted by atomic mass is 16.7. The van der Waals surface area contributed by atoms with Crippen LogP contribution in [0.5, 0.6) is 0 Å². The fraction of sp³-hybridized carbons (Fsp3) is 0.500. The van der Waals surface area contributed by atoms with Gasteiger partial charge in [-0.05, 0) is 34.9 Å². The number of hydrogen-bond donors (Lipinski definition) is 7. The molecule has 2 aromatic carbocycles. The van der Waals surface area contributed by atoms with Gasteiger partial charge in [0.15, 0.2) is 6.29 Å². The van der Waals surface area contributed by atoms with Crippen molar-refractivity contribution in [2.75, 3.05) is 20.3 Å². The van der Waals surface area contributed by atoms with Crippen molar-refractivity contribution in [1.29, 1.82) is 0 Å². The van der Waals surface area contributed by atoms with Crippen LogP contribution in [-0.2, 0) is 14.2 Å². The van der Waals surface area contributed by atoms with Crippen LogP contribution in [0.1, 0.15) is 28.4 Å². The lowest BCUT2D eigenvalue weighted by Gasteiger charge is -2.45. The molecule has 6 unspecified atom stereocenters. The van der Waals surface area contributed by atoms with Crippen LogP contribution in [0.3, 0.4) is 0 Å². The van der Waals surface area contributed by atoms with E-state index < -0.39 is 68.3 Å². The first-order valence-corrected chi connectivity index (χ1v) is 12.1. The molecule has 202 valence electrons. The van der Waals surface area contributed by atoms with E-state index in [0.29, 0.717) is 11.1 Å². The SMILES string of the molecule is CNC(=O)c1ccc(-c2cccc([C@H]3OC(CO)[C@@H](O)C(O[C@H]4OC(CO)CC(O)C4O)C3O)c2)cc1. The number of rotatable bonds is 7. The summed E-state index contributed by atoms with van der Waals surface area (Å²) in [6, 6.07) is 14.1. The van der Waals surface area contributed by atoms with Crippen LogP contribution in [0, 0.1) is 0 Å². The van der Waals surface area contributed by atoms with Gasteiger partial charge in [-0.3, -0.25) is 4.79 Å². The molecular weight excluding hydrogens is 486 g/mol. The minimum Gasteiger partial charge on any atom is -0.394 e. The predicted molar refractivity (Wildman–Crippen MR) is 129 cm³/mol. The summed E-state index contributed by atoms with van der Waals surface area (Å²) in [5.74, 6) is -0.205. The summed E-state index contributed by atoms with van der Waals surface area (Å²) in [7, 11) is 1.55. The summed E-state index contributed by atoms with van der Waals surface area (Å²) in [6.07, 6.45) is -11.3. The second-order valence-corrected chi connectivity index (χ2v) is 9.24. The van der Waals surface area contributed by atoms with Gasteiger partial charge in [-0.2, -0.15) is 0 Å². The normalized spacial score (nSPS) is 34.2. The third-order valence-corrected chi connectivity index (χ3v) is 6.79. The lowest BCUT2D eigenvalue weighted by atomic mass is 9.89. The Morgan fingerprint density at radius 1 is 0.946 bits per heavy atom. The molecule has 1 amide bonds. The Morgan fingerprint density at radius 3 is 2.32 bits per heavy atom. The first kappa shape index (κ1) is 27.6. The van der Waals surface area contributed by atoms with E-state index in [4.69, 9.17) is 14.2 Å². The average Bonchev–Trinajstić information content (AvgIpc) is 2.93. The molecule has 9 atom stereocenters. The molecule has 0 bridgehead atoms. The van der Waals surface area contributed by atoms with Gasteiger partial charge < -0.3 is 50.2 Å². The highest BCUT2D eigenvalue weighted by Crippen LogP contribution is 2.37. The highest BCUT2D eigenvalue weighted by Gasteiger charge is 2.49. The summed E-state index contributed by atoms with van der Waals surface area (Å²) >= 11 is 0. The molecule has 11 nitrogen and oxygen atoms in total. The number of benzene rings is 2. The van der Waals surface area contributed by atoms with Crippen LogP contribution in [0.4, 0.5) is 0 Å². The lowest BCUT2D eigenvalue weighted by Crippen LogP contribution is -2.60. The number of aliphatic hydroxyl groups excluding tert-OH is 6. The van der Waals surface area contributed by atoms with Crippen LogP contribution in [-0.4, -0.2) is 106 Å². The molecule has 0 aliphatic carbocycles. The summed E-state index contributed by atoms with van der Waals surface area (Å²) in [5.41, 5.74) is 2.64. The number of aliphatic hydroxyl groups is 6. The minimum absolute atomic E-state index is 0.00477. The molecular formula is C26H33NO10. The van der Waals surface area contributed by atoms with Gasteiger partial charge in [0.25, 0.3) is 5.91 Å². The van der Waals surface area contributed by atoms with E-state index in [1.807, 2.05) is 6.07 Å². The van der Waals surface area contributed by atoms with Crippen molar-refractivity contribution >= 4 is 5.91 Å². The predicted octanol–water partition coefficient (Wildman–Crippen LogP) is -0.918. The second kappa shape index (κ2) is 11.9. The molecule has 2 aliphatic rings. The summed E-state index contributed by atoms with van der Waals surface area (Å²) in [4.78, 5) is 11.8. The molecule has 4 rings (SSSR count). The van der Waals surface area contributed by atoms with Gasteiger partial charge in [0, 0.05) is 19.0 Å².